The number of nitrogens with one attached hydrogen (secondary N) is 2. The quantitative estimate of drug-likeness (QED) is 0.833. The molecule has 2 aliphatic rings. The zero-order chi connectivity index (χ0) is 17.2. The van der Waals surface area contributed by atoms with Gasteiger partial charge in [0.1, 0.15) is 0 Å². The van der Waals surface area contributed by atoms with E-state index >= 15 is 0 Å². The summed E-state index contributed by atoms with van der Waals surface area (Å²) in [6.45, 7) is 5.36. The summed E-state index contributed by atoms with van der Waals surface area (Å²) in [5, 5.41) is 6.05. The highest BCUT2D eigenvalue weighted by Crippen LogP contribution is 2.24. The Balaban J connectivity index is 1.78. The zero-order valence-electron chi connectivity index (χ0n) is 14.0. The van der Waals surface area contributed by atoms with Gasteiger partial charge in [-0.25, -0.2) is 8.42 Å². The van der Waals surface area contributed by atoms with Gasteiger partial charge in [0.05, 0.1) is 4.90 Å². The molecule has 1 aromatic rings. The van der Waals surface area contributed by atoms with Gasteiger partial charge >= 0.3 is 0 Å². The number of amides is 1. The molecule has 132 valence electrons. The van der Waals surface area contributed by atoms with Crippen LogP contribution >= 0.6 is 0 Å². The fraction of sp³-hybridized carbons (Fsp3) is 0.588. The van der Waals surface area contributed by atoms with Crippen LogP contribution in [0.4, 0.5) is 0 Å². The Kier molecular flexibility index (Phi) is 5.22. The Bertz CT molecular complexity index is 708. The van der Waals surface area contributed by atoms with Crippen LogP contribution in [0.25, 0.3) is 0 Å². The molecule has 3 rings (SSSR count). The van der Waals surface area contributed by atoms with E-state index in [0.717, 1.165) is 32.4 Å². The second-order valence-electron chi connectivity index (χ2n) is 6.68. The number of piperidine rings is 1. The van der Waals surface area contributed by atoms with Crippen LogP contribution in [0.1, 0.15) is 35.2 Å². The van der Waals surface area contributed by atoms with E-state index in [1.165, 1.54) is 6.07 Å². The Morgan fingerprint density at radius 2 is 1.96 bits per heavy atom. The number of carbonyl (C=O) groups excluding carboxylic acids is 1. The Morgan fingerprint density at radius 1 is 1.25 bits per heavy atom. The van der Waals surface area contributed by atoms with Gasteiger partial charge in [-0.1, -0.05) is 12.5 Å². The lowest BCUT2D eigenvalue weighted by Gasteiger charge is -2.27. The first-order valence-corrected chi connectivity index (χ1v) is 10.0. The monoisotopic (exact) mass is 351 g/mol. The topological polar surface area (TPSA) is 78.5 Å². The van der Waals surface area contributed by atoms with Gasteiger partial charge in [-0.2, -0.15) is 4.31 Å². The van der Waals surface area contributed by atoms with Gasteiger partial charge < -0.3 is 10.6 Å². The number of benzene rings is 1. The van der Waals surface area contributed by atoms with Crippen molar-refractivity contribution in [3.8, 4) is 0 Å². The van der Waals surface area contributed by atoms with E-state index in [9.17, 15) is 13.2 Å². The lowest BCUT2D eigenvalue weighted by Crippen LogP contribution is -2.48. The molecular formula is C17H25N3O3S. The normalized spacial score (nSPS) is 19.7. The average Bonchev–Trinajstić information content (AvgIpc) is 2.54. The van der Waals surface area contributed by atoms with E-state index in [0.29, 0.717) is 36.7 Å². The molecule has 0 bridgehead atoms. The molecule has 6 nitrogen and oxygen atoms in total. The fourth-order valence-corrected chi connectivity index (χ4v) is 4.86. The summed E-state index contributed by atoms with van der Waals surface area (Å²) in [7, 11) is -3.53. The lowest BCUT2D eigenvalue weighted by atomic mass is 10.0. The second kappa shape index (κ2) is 7.21. The SMILES string of the molecule is Cc1ccc(C(=O)NCC2CNC2)cc1S(=O)(=O)N1CCCCC1. The zero-order valence-corrected chi connectivity index (χ0v) is 14.9. The molecule has 0 aliphatic carbocycles. The van der Waals surface area contributed by atoms with Crippen molar-refractivity contribution in [3.63, 3.8) is 0 Å². The maximum Gasteiger partial charge on any atom is 0.251 e. The molecule has 24 heavy (non-hydrogen) atoms. The van der Waals surface area contributed by atoms with Crippen LogP contribution in [0.5, 0.6) is 0 Å². The van der Waals surface area contributed by atoms with Crippen molar-refractivity contribution in [2.45, 2.75) is 31.1 Å². The maximum absolute atomic E-state index is 12.9. The third-order valence-corrected chi connectivity index (χ3v) is 6.84. The fourth-order valence-electron chi connectivity index (χ4n) is 3.10. The number of hydrogen-bond donors (Lipinski definition) is 2. The number of carbonyl (C=O) groups is 1. The first-order chi connectivity index (χ1) is 11.5. The van der Waals surface area contributed by atoms with Crippen molar-refractivity contribution in [3.05, 3.63) is 29.3 Å². The van der Waals surface area contributed by atoms with Crippen LogP contribution < -0.4 is 10.6 Å². The second-order valence-corrected chi connectivity index (χ2v) is 8.59. The van der Waals surface area contributed by atoms with Crippen LogP contribution in [0, 0.1) is 12.8 Å². The van der Waals surface area contributed by atoms with E-state index < -0.39 is 10.0 Å². The van der Waals surface area contributed by atoms with E-state index in [-0.39, 0.29) is 10.8 Å². The molecule has 0 aromatic heterocycles. The molecule has 0 spiro atoms. The number of nitrogens with zero attached hydrogens (tertiary/aromatic N) is 1. The van der Waals surface area contributed by atoms with Crippen LogP contribution in [-0.2, 0) is 10.0 Å². The van der Waals surface area contributed by atoms with Gasteiger partial charge in [-0.3, -0.25) is 4.79 Å². The van der Waals surface area contributed by atoms with Gasteiger partial charge in [0.15, 0.2) is 0 Å². The maximum atomic E-state index is 12.9. The smallest absolute Gasteiger partial charge is 0.251 e. The van der Waals surface area contributed by atoms with Gasteiger partial charge in [-0.15, -0.1) is 0 Å². The standard InChI is InChI=1S/C17H25N3O3S/c1-13-5-6-15(17(21)19-12-14-10-18-11-14)9-16(13)24(22,23)20-7-3-2-4-8-20/h5-6,9,14,18H,2-4,7-8,10-12H2,1H3,(H,19,21). The predicted molar refractivity (Wildman–Crippen MR) is 92.5 cm³/mol. The number of rotatable bonds is 5. The van der Waals surface area contributed by atoms with Crippen molar-refractivity contribution in [2.75, 3.05) is 32.7 Å². The summed E-state index contributed by atoms with van der Waals surface area (Å²) in [4.78, 5) is 12.6. The van der Waals surface area contributed by atoms with Crippen LogP contribution in [0.3, 0.4) is 0 Å². The molecule has 2 heterocycles. The molecule has 0 saturated carbocycles. The largest absolute Gasteiger partial charge is 0.352 e. The molecule has 2 fully saturated rings. The number of sulfonamides is 1. The minimum atomic E-state index is -3.53. The summed E-state index contributed by atoms with van der Waals surface area (Å²) in [5.41, 5.74) is 1.09. The lowest BCUT2D eigenvalue weighted by molar-refractivity contribution is 0.0942. The van der Waals surface area contributed by atoms with Gasteiger partial charge in [0.2, 0.25) is 10.0 Å². The molecule has 2 aliphatic heterocycles. The van der Waals surface area contributed by atoms with Gasteiger partial charge in [0, 0.05) is 44.2 Å². The van der Waals surface area contributed by atoms with Crippen molar-refractivity contribution in [1.82, 2.24) is 14.9 Å². The Morgan fingerprint density at radius 3 is 2.58 bits per heavy atom. The molecule has 0 radical (unpaired) electrons. The summed E-state index contributed by atoms with van der Waals surface area (Å²) in [6.07, 6.45) is 2.87. The molecule has 7 heteroatoms. The van der Waals surface area contributed by atoms with E-state index in [4.69, 9.17) is 0 Å². The highest BCUT2D eigenvalue weighted by molar-refractivity contribution is 7.89. The summed E-state index contributed by atoms with van der Waals surface area (Å²) < 4.78 is 27.3. The van der Waals surface area contributed by atoms with Crippen molar-refractivity contribution < 1.29 is 13.2 Å². The average molecular weight is 351 g/mol. The molecule has 0 atom stereocenters. The van der Waals surface area contributed by atoms with Crippen LogP contribution in [0.15, 0.2) is 23.1 Å². The van der Waals surface area contributed by atoms with Gasteiger partial charge in [-0.05, 0) is 37.5 Å². The van der Waals surface area contributed by atoms with Crippen molar-refractivity contribution in [2.24, 2.45) is 5.92 Å². The predicted octanol–water partition coefficient (Wildman–Crippen LogP) is 1.12. The minimum Gasteiger partial charge on any atom is -0.352 e. The molecule has 0 unspecified atom stereocenters. The number of hydrogen-bond acceptors (Lipinski definition) is 4. The van der Waals surface area contributed by atoms with Gasteiger partial charge in [0.25, 0.3) is 5.91 Å². The molecule has 1 aromatic carbocycles. The molecule has 2 saturated heterocycles. The molecular weight excluding hydrogens is 326 g/mol. The molecule has 1 amide bonds. The highest BCUT2D eigenvalue weighted by Gasteiger charge is 2.28. The van der Waals surface area contributed by atoms with Crippen LogP contribution in [-0.4, -0.2) is 51.4 Å². The summed E-state index contributed by atoms with van der Waals surface area (Å²) in [5.74, 6) is 0.257. The van der Waals surface area contributed by atoms with Crippen molar-refractivity contribution in [1.29, 1.82) is 0 Å². The third kappa shape index (κ3) is 3.63. The first kappa shape index (κ1) is 17.4. The van der Waals surface area contributed by atoms with E-state index in [2.05, 4.69) is 10.6 Å². The Labute approximate surface area is 143 Å². The number of aryl methyl sites for hydroxylation is 1. The first-order valence-electron chi connectivity index (χ1n) is 8.58. The van der Waals surface area contributed by atoms with E-state index in [1.54, 1.807) is 23.4 Å². The van der Waals surface area contributed by atoms with Crippen molar-refractivity contribution >= 4 is 15.9 Å². The third-order valence-electron chi connectivity index (χ3n) is 4.80. The molecule has 2 N–H and O–H groups in total. The highest BCUT2D eigenvalue weighted by atomic mass is 32.2. The summed E-state index contributed by atoms with van der Waals surface area (Å²) in [6, 6.07) is 4.93. The Hall–Kier alpha value is -1.44. The van der Waals surface area contributed by atoms with E-state index in [1.807, 2.05) is 0 Å². The minimum absolute atomic E-state index is 0.211. The summed E-state index contributed by atoms with van der Waals surface area (Å²) >= 11 is 0. The van der Waals surface area contributed by atoms with Crippen LogP contribution in [0.2, 0.25) is 0 Å².